The van der Waals surface area contributed by atoms with Gasteiger partial charge in [0.2, 0.25) is 0 Å². The maximum absolute atomic E-state index is 5.41. The Labute approximate surface area is 126 Å². The van der Waals surface area contributed by atoms with E-state index in [4.69, 9.17) is 9.47 Å². The summed E-state index contributed by atoms with van der Waals surface area (Å²) in [4.78, 5) is 9.76. The van der Waals surface area contributed by atoms with Crippen LogP contribution in [-0.4, -0.2) is 24.2 Å². The van der Waals surface area contributed by atoms with Gasteiger partial charge >= 0.3 is 0 Å². The Morgan fingerprint density at radius 1 is 1.05 bits per heavy atom. The van der Waals surface area contributed by atoms with Gasteiger partial charge in [-0.1, -0.05) is 23.5 Å². The van der Waals surface area contributed by atoms with Crippen molar-refractivity contribution in [1.29, 1.82) is 0 Å². The van der Waals surface area contributed by atoms with Gasteiger partial charge in [0.1, 0.15) is 15.4 Å². The van der Waals surface area contributed by atoms with Gasteiger partial charge in [-0.2, -0.15) is 0 Å². The van der Waals surface area contributed by atoms with Gasteiger partial charge in [0.15, 0.2) is 11.5 Å². The molecule has 0 aliphatic heterocycles. The van der Waals surface area contributed by atoms with E-state index in [1.807, 2.05) is 42.5 Å². The van der Waals surface area contributed by atoms with Crippen LogP contribution in [0.15, 0.2) is 36.5 Å². The third-order valence-electron chi connectivity index (χ3n) is 3.02. The first-order chi connectivity index (χ1) is 10.3. The van der Waals surface area contributed by atoms with Crippen LogP contribution in [0.3, 0.4) is 0 Å². The predicted octanol–water partition coefficient (Wildman–Crippen LogP) is 3.88. The molecular formula is C16H14N2O2S. The number of benzene rings is 1. The summed E-state index contributed by atoms with van der Waals surface area (Å²) in [7, 11) is 3.27. The van der Waals surface area contributed by atoms with Gasteiger partial charge in [0, 0.05) is 11.8 Å². The van der Waals surface area contributed by atoms with Crippen LogP contribution in [0.5, 0.6) is 11.5 Å². The van der Waals surface area contributed by atoms with Crippen LogP contribution in [0.4, 0.5) is 0 Å². The van der Waals surface area contributed by atoms with E-state index >= 15 is 0 Å². The molecule has 21 heavy (non-hydrogen) atoms. The average molecular weight is 298 g/mol. The largest absolute Gasteiger partial charge is 0.493 e. The molecule has 0 fully saturated rings. The van der Waals surface area contributed by atoms with Crippen molar-refractivity contribution in [2.75, 3.05) is 14.2 Å². The molecule has 3 aromatic rings. The number of ether oxygens (including phenoxy) is 2. The zero-order valence-electron chi connectivity index (χ0n) is 11.7. The zero-order valence-corrected chi connectivity index (χ0v) is 12.6. The summed E-state index contributed by atoms with van der Waals surface area (Å²) in [5.74, 6) is 1.43. The Morgan fingerprint density at radius 2 is 1.95 bits per heavy atom. The van der Waals surface area contributed by atoms with Crippen molar-refractivity contribution in [2.45, 2.75) is 0 Å². The molecule has 2 aromatic heterocycles. The third kappa shape index (κ3) is 2.73. The SMILES string of the molecule is COc1cccc(/C=C/c2nc3cccnc3s2)c1OC. The van der Waals surface area contributed by atoms with Crippen LogP contribution in [0.2, 0.25) is 0 Å². The van der Waals surface area contributed by atoms with Gasteiger partial charge in [-0.15, -0.1) is 0 Å². The number of aromatic nitrogens is 2. The topological polar surface area (TPSA) is 44.2 Å². The third-order valence-corrected chi connectivity index (χ3v) is 3.97. The minimum absolute atomic E-state index is 0.714. The molecule has 0 bridgehead atoms. The quantitative estimate of drug-likeness (QED) is 0.733. The Morgan fingerprint density at radius 3 is 2.71 bits per heavy atom. The van der Waals surface area contributed by atoms with E-state index in [2.05, 4.69) is 9.97 Å². The van der Waals surface area contributed by atoms with E-state index in [1.54, 1.807) is 31.8 Å². The molecule has 106 valence electrons. The van der Waals surface area contributed by atoms with E-state index < -0.39 is 0 Å². The van der Waals surface area contributed by atoms with Crippen molar-refractivity contribution in [3.8, 4) is 11.5 Å². The lowest BCUT2D eigenvalue weighted by Gasteiger charge is -2.09. The fourth-order valence-corrected chi connectivity index (χ4v) is 2.87. The van der Waals surface area contributed by atoms with Gasteiger partial charge in [0.25, 0.3) is 0 Å². The van der Waals surface area contributed by atoms with E-state index in [0.29, 0.717) is 5.75 Å². The molecule has 0 aliphatic carbocycles. The van der Waals surface area contributed by atoms with Crippen LogP contribution < -0.4 is 9.47 Å². The standard InChI is InChI=1S/C16H14N2O2S/c1-19-13-7-3-5-11(15(13)20-2)8-9-14-18-12-6-4-10-17-16(12)21-14/h3-10H,1-2H3/b9-8+. The molecule has 0 saturated heterocycles. The Hall–Kier alpha value is -2.40. The number of rotatable bonds is 4. The second kappa shape index (κ2) is 5.93. The summed E-state index contributed by atoms with van der Waals surface area (Å²) in [5.41, 5.74) is 1.86. The van der Waals surface area contributed by atoms with Gasteiger partial charge in [-0.3, -0.25) is 0 Å². The van der Waals surface area contributed by atoms with E-state index in [9.17, 15) is 0 Å². The van der Waals surface area contributed by atoms with Crippen molar-refractivity contribution in [3.05, 3.63) is 47.1 Å². The second-order valence-electron chi connectivity index (χ2n) is 4.30. The van der Waals surface area contributed by atoms with Crippen LogP contribution in [0, 0.1) is 0 Å². The number of methoxy groups -OCH3 is 2. The molecule has 0 atom stereocenters. The molecule has 0 radical (unpaired) electrons. The summed E-state index contributed by atoms with van der Waals surface area (Å²) in [6, 6.07) is 9.63. The maximum Gasteiger partial charge on any atom is 0.167 e. The number of hydrogen-bond acceptors (Lipinski definition) is 5. The highest BCUT2D eigenvalue weighted by molar-refractivity contribution is 7.18. The van der Waals surface area contributed by atoms with Gasteiger partial charge in [-0.05, 0) is 30.4 Å². The molecule has 3 rings (SSSR count). The van der Waals surface area contributed by atoms with Gasteiger partial charge in [0.05, 0.1) is 14.2 Å². The number of hydrogen-bond donors (Lipinski definition) is 0. The molecule has 1 aromatic carbocycles. The normalized spacial score (nSPS) is 11.1. The van der Waals surface area contributed by atoms with Gasteiger partial charge < -0.3 is 9.47 Å². The molecule has 5 heteroatoms. The summed E-state index contributed by atoms with van der Waals surface area (Å²) < 4.78 is 10.7. The number of para-hydroxylation sites is 1. The summed E-state index contributed by atoms with van der Waals surface area (Å²) in [6.45, 7) is 0. The number of thiazole rings is 1. The first-order valence-corrected chi connectivity index (χ1v) is 7.24. The van der Waals surface area contributed by atoms with Crippen molar-refractivity contribution < 1.29 is 9.47 Å². The Kier molecular flexibility index (Phi) is 3.83. The molecule has 0 spiro atoms. The van der Waals surface area contributed by atoms with Crippen LogP contribution in [0.1, 0.15) is 10.6 Å². The fraction of sp³-hybridized carbons (Fsp3) is 0.125. The average Bonchev–Trinajstić information content (AvgIpc) is 2.95. The molecule has 0 amide bonds. The highest BCUT2D eigenvalue weighted by Crippen LogP contribution is 2.32. The highest BCUT2D eigenvalue weighted by Gasteiger charge is 2.07. The first kappa shape index (κ1) is 13.6. The second-order valence-corrected chi connectivity index (χ2v) is 5.30. The van der Waals surface area contributed by atoms with Crippen LogP contribution >= 0.6 is 11.3 Å². The molecule has 0 N–H and O–H groups in total. The summed E-state index contributed by atoms with van der Waals surface area (Å²) >= 11 is 1.56. The summed E-state index contributed by atoms with van der Waals surface area (Å²) in [5, 5.41) is 0.911. The number of pyridine rings is 1. The van der Waals surface area contributed by atoms with Crippen molar-refractivity contribution in [1.82, 2.24) is 9.97 Å². The summed E-state index contributed by atoms with van der Waals surface area (Å²) in [6.07, 6.45) is 5.71. The molecule has 0 aliphatic rings. The number of fused-ring (bicyclic) bond motifs is 1. The lowest BCUT2D eigenvalue weighted by Crippen LogP contribution is -1.92. The lowest BCUT2D eigenvalue weighted by molar-refractivity contribution is 0.354. The number of nitrogens with zero attached hydrogens (tertiary/aromatic N) is 2. The minimum Gasteiger partial charge on any atom is -0.493 e. The Balaban J connectivity index is 1.95. The van der Waals surface area contributed by atoms with Crippen molar-refractivity contribution in [3.63, 3.8) is 0 Å². The van der Waals surface area contributed by atoms with Crippen molar-refractivity contribution >= 4 is 33.8 Å². The highest BCUT2D eigenvalue weighted by atomic mass is 32.1. The molecule has 4 nitrogen and oxygen atoms in total. The lowest BCUT2D eigenvalue weighted by atomic mass is 10.1. The molecular weight excluding hydrogens is 284 g/mol. The maximum atomic E-state index is 5.41. The van der Waals surface area contributed by atoms with Crippen molar-refractivity contribution in [2.24, 2.45) is 0 Å². The molecule has 0 saturated carbocycles. The molecule has 2 heterocycles. The van der Waals surface area contributed by atoms with Gasteiger partial charge in [-0.25, -0.2) is 9.97 Å². The fourth-order valence-electron chi connectivity index (χ4n) is 2.06. The van der Waals surface area contributed by atoms with E-state index in [1.165, 1.54) is 0 Å². The predicted molar refractivity (Wildman–Crippen MR) is 85.9 cm³/mol. The Bertz CT molecular complexity index is 763. The minimum atomic E-state index is 0.714. The van der Waals surface area contributed by atoms with E-state index in [-0.39, 0.29) is 0 Å². The first-order valence-electron chi connectivity index (χ1n) is 6.42. The zero-order chi connectivity index (χ0) is 14.7. The van der Waals surface area contributed by atoms with Crippen LogP contribution in [0.25, 0.3) is 22.5 Å². The smallest absolute Gasteiger partial charge is 0.167 e. The molecule has 0 unspecified atom stereocenters. The van der Waals surface area contributed by atoms with E-state index in [0.717, 1.165) is 26.7 Å². The van der Waals surface area contributed by atoms with Crippen LogP contribution in [-0.2, 0) is 0 Å². The monoisotopic (exact) mass is 298 g/mol.